The topological polar surface area (TPSA) is 81.9 Å². The molecule has 0 aliphatic heterocycles. The Hall–Kier alpha value is -3.76. The van der Waals surface area contributed by atoms with Crippen LogP contribution < -0.4 is 24.9 Å². The number of carbonyl (C=O) groups is 1. The maximum Gasteiger partial charge on any atom is 0.274 e. The second kappa shape index (κ2) is 9.47. The van der Waals surface area contributed by atoms with Crippen molar-refractivity contribution in [1.29, 1.82) is 0 Å². The average molecular weight is 554 g/mol. The fourth-order valence-electron chi connectivity index (χ4n) is 3.59. The minimum absolute atomic E-state index is 0.147. The van der Waals surface area contributed by atoms with Gasteiger partial charge in [0.2, 0.25) is 0 Å². The van der Waals surface area contributed by atoms with Crippen molar-refractivity contribution in [1.82, 2.24) is 9.38 Å². The first-order chi connectivity index (χ1) is 16.9. The summed E-state index contributed by atoms with van der Waals surface area (Å²) < 4.78 is 26.9. The molecule has 0 radical (unpaired) electrons. The van der Waals surface area contributed by atoms with Crippen LogP contribution in [0.5, 0.6) is 11.5 Å². The third kappa shape index (κ3) is 4.62. The van der Waals surface area contributed by atoms with Crippen molar-refractivity contribution < 1.29 is 18.7 Å². The van der Waals surface area contributed by atoms with Crippen LogP contribution in [0.1, 0.15) is 5.56 Å². The smallest absolute Gasteiger partial charge is 0.274 e. The van der Waals surface area contributed by atoms with Crippen molar-refractivity contribution in [2.75, 3.05) is 19.0 Å². The summed E-state index contributed by atoms with van der Waals surface area (Å²) in [6, 6.07) is 16.4. The number of nitrogens with one attached hydrogen (secondary N) is 1. The molecule has 0 aliphatic rings. The van der Waals surface area contributed by atoms with Gasteiger partial charge in [0.15, 0.2) is 23.1 Å². The van der Waals surface area contributed by atoms with E-state index < -0.39 is 5.91 Å². The number of halogens is 2. The van der Waals surface area contributed by atoms with Crippen molar-refractivity contribution in [2.45, 2.75) is 0 Å². The zero-order valence-corrected chi connectivity index (χ0v) is 20.7. The number of carbonyl (C=O) groups excluding carboxylic acids is 1. The molecule has 0 saturated carbocycles. The minimum atomic E-state index is -0.411. The number of anilines is 1. The van der Waals surface area contributed by atoms with E-state index in [2.05, 4.69) is 26.2 Å². The van der Waals surface area contributed by atoms with E-state index in [1.54, 1.807) is 22.6 Å². The van der Waals surface area contributed by atoms with Gasteiger partial charge in [0, 0.05) is 5.69 Å². The fourth-order valence-corrected chi connectivity index (χ4v) is 5.16. The highest BCUT2D eigenvalue weighted by Crippen LogP contribution is 2.37. The molecule has 5 aromatic rings. The lowest BCUT2D eigenvalue weighted by Gasteiger charge is -2.13. The van der Waals surface area contributed by atoms with Crippen LogP contribution in [0.3, 0.4) is 0 Å². The Morgan fingerprint density at radius 2 is 1.97 bits per heavy atom. The van der Waals surface area contributed by atoms with Crippen LogP contribution in [0.15, 0.2) is 69.9 Å². The zero-order chi connectivity index (χ0) is 24.5. The fraction of sp³-hybridized carbons (Fsp3) is 0.0800. The Morgan fingerprint density at radius 3 is 2.74 bits per heavy atom. The molecule has 1 amide bonds. The number of thiazole rings is 1. The van der Waals surface area contributed by atoms with E-state index in [0.717, 1.165) is 11.0 Å². The van der Waals surface area contributed by atoms with Crippen LogP contribution in [0.4, 0.5) is 10.1 Å². The van der Waals surface area contributed by atoms with Crippen LogP contribution in [-0.2, 0) is 4.79 Å². The molecule has 2 heterocycles. The average Bonchev–Trinajstić information content (AvgIpc) is 3.35. The quantitative estimate of drug-likeness (QED) is 0.337. The normalized spacial score (nSPS) is 11.8. The summed E-state index contributed by atoms with van der Waals surface area (Å²) in [5.41, 5.74) is 2.57. The van der Waals surface area contributed by atoms with E-state index in [0.29, 0.717) is 36.7 Å². The number of hydrogen-bond acceptors (Lipinski definition) is 6. The van der Waals surface area contributed by atoms with Gasteiger partial charge < -0.3 is 14.8 Å². The molecule has 2 aromatic heterocycles. The lowest BCUT2D eigenvalue weighted by molar-refractivity contribution is -0.118. The maximum absolute atomic E-state index is 13.0. The standard InChI is InChI=1S/C25H17BrFN3O4S/c1-33-20-11-14(12-21-24(32)30-19-5-3-2-4-18(19)29-25(30)35-21)10-17(26)23(20)34-13-22(31)28-16-8-6-15(27)7-9-16/h2-12H,13H2,1H3,(H,28,31)/b21-12-. The Balaban J connectivity index is 1.40. The number of methoxy groups -OCH3 is 1. The molecule has 0 saturated heterocycles. The molecule has 0 bridgehead atoms. The third-order valence-corrected chi connectivity index (χ3v) is 6.73. The molecule has 5 rings (SSSR count). The molecule has 35 heavy (non-hydrogen) atoms. The number of benzene rings is 3. The summed E-state index contributed by atoms with van der Waals surface area (Å²) in [6.07, 6.45) is 1.76. The zero-order valence-electron chi connectivity index (χ0n) is 18.2. The second-order valence-corrected chi connectivity index (χ2v) is 9.38. The van der Waals surface area contributed by atoms with Gasteiger partial charge in [-0.25, -0.2) is 13.8 Å². The van der Waals surface area contributed by atoms with Crippen LogP contribution >= 0.6 is 27.3 Å². The summed E-state index contributed by atoms with van der Waals surface area (Å²) >= 11 is 4.77. The number of rotatable bonds is 6. The molecule has 0 spiro atoms. The highest BCUT2D eigenvalue weighted by molar-refractivity contribution is 9.10. The van der Waals surface area contributed by atoms with E-state index in [-0.39, 0.29) is 18.0 Å². The Bertz CT molecular complexity index is 1680. The molecule has 1 N–H and O–H groups in total. The highest BCUT2D eigenvalue weighted by Gasteiger charge is 2.15. The molecule has 0 aliphatic carbocycles. The molecule has 3 aromatic carbocycles. The van der Waals surface area contributed by atoms with Gasteiger partial charge in [0.05, 0.1) is 27.1 Å². The molecule has 0 unspecified atom stereocenters. The molecule has 0 atom stereocenters. The van der Waals surface area contributed by atoms with Gasteiger partial charge in [0.25, 0.3) is 11.5 Å². The third-order valence-electron chi connectivity index (χ3n) is 5.17. The van der Waals surface area contributed by atoms with E-state index in [1.165, 1.54) is 42.7 Å². The number of ether oxygens (including phenoxy) is 2. The molecule has 176 valence electrons. The first-order valence-corrected chi connectivity index (χ1v) is 12.0. The van der Waals surface area contributed by atoms with Gasteiger partial charge in [-0.2, -0.15) is 0 Å². The van der Waals surface area contributed by atoms with Crippen molar-refractivity contribution in [3.05, 3.63) is 91.4 Å². The van der Waals surface area contributed by atoms with E-state index in [1.807, 2.05) is 24.3 Å². The summed E-state index contributed by atoms with van der Waals surface area (Å²) in [4.78, 5) is 30.4. The lowest BCUT2D eigenvalue weighted by atomic mass is 10.2. The van der Waals surface area contributed by atoms with Crippen LogP contribution in [-0.4, -0.2) is 29.0 Å². The number of hydrogen-bond donors (Lipinski definition) is 1. The predicted molar refractivity (Wildman–Crippen MR) is 137 cm³/mol. The molecule has 0 fully saturated rings. The van der Waals surface area contributed by atoms with Gasteiger partial charge in [-0.05, 0) is 76.1 Å². The molecule has 7 nitrogen and oxygen atoms in total. The molecular formula is C25H17BrFN3O4S. The van der Waals surface area contributed by atoms with Gasteiger partial charge in [-0.1, -0.05) is 23.5 Å². The Kier molecular flexibility index (Phi) is 6.23. The van der Waals surface area contributed by atoms with Crippen molar-refractivity contribution in [3.63, 3.8) is 0 Å². The Labute approximate surface area is 210 Å². The number of aromatic nitrogens is 2. The number of amides is 1. The lowest BCUT2D eigenvalue weighted by Crippen LogP contribution is -2.22. The number of imidazole rings is 1. The van der Waals surface area contributed by atoms with E-state index in [9.17, 15) is 14.0 Å². The molecule has 10 heteroatoms. The number of fused-ring (bicyclic) bond motifs is 3. The second-order valence-electron chi connectivity index (χ2n) is 7.51. The van der Waals surface area contributed by atoms with Crippen molar-refractivity contribution in [3.8, 4) is 11.5 Å². The number of para-hydroxylation sites is 2. The van der Waals surface area contributed by atoms with Crippen LogP contribution in [0, 0.1) is 5.82 Å². The van der Waals surface area contributed by atoms with Crippen LogP contribution in [0.2, 0.25) is 0 Å². The molecular weight excluding hydrogens is 537 g/mol. The van der Waals surface area contributed by atoms with Crippen molar-refractivity contribution in [2.24, 2.45) is 0 Å². The first-order valence-electron chi connectivity index (χ1n) is 10.4. The van der Waals surface area contributed by atoms with Gasteiger partial charge in [0.1, 0.15) is 5.82 Å². The SMILES string of the molecule is COc1cc(/C=c2\sc3nc4ccccc4n3c2=O)cc(Br)c1OCC(=O)Nc1ccc(F)cc1. The van der Waals surface area contributed by atoms with Crippen LogP contribution in [0.25, 0.3) is 22.1 Å². The predicted octanol–water partition coefficient (Wildman–Crippen LogP) is 4.38. The summed E-state index contributed by atoms with van der Waals surface area (Å²) in [5.74, 6) is -0.0714. The van der Waals surface area contributed by atoms with Gasteiger partial charge in [-0.15, -0.1) is 0 Å². The highest BCUT2D eigenvalue weighted by atomic mass is 79.9. The summed E-state index contributed by atoms with van der Waals surface area (Å²) in [7, 11) is 1.49. The summed E-state index contributed by atoms with van der Waals surface area (Å²) in [5, 5.41) is 2.63. The van der Waals surface area contributed by atoms with E-state index >= 15 is 0 Å². The van der Waals surface area contributed by atoms with Gasteiger partial charge >= 0.3 is 0 Å². The Morgan fingerprint density at radius 1 is 1.20 bits per heavy atom. The monoisotopic (exact) mass is 553 g/mol. The number of nitrogens with zero attached hydrogens (tertiary/aromatic N) is 2. The largest absolute Gasteiger partial charge is 0.493 e. The first kappa shape index (κ1) is 23.0. The van der Waals surface area contributed by atoms with Gasteiger partial charge in [-0.3, -0.25) is 9.59 Å². The van der Waals surface area contributed by atoms with Crippen molar-refractivity contribution >= 4 is 60.9 Å². The summed E-state index contributed by atoms with van der Waals surface area (Å²) in [6.45, 7) is -0.282. The van der Waals surface area contributed by atoms with E-state index in [4.69, 9.17) is 9.47 Å². The minimum Gasteiger partial charge on any atom is -0.493 e. The maximum atomic E-state index is 13.0.